The van der Waals surface area contributed by atoms with Crippen LogP contribution in [0, 0.1) is 5.41 Å². The molecule has 2 N–H and O–H groups in total. The van der Waals surface area contributed by atoms with E-state index in [-0.39, 0.29) is 29.3 Å². The summed E-state index contributed by atoms with van der Waals surface area (Å²) in [6.45, 7) is 6.10. The summed E-state index contributed by atoms with van der Waals surface area (Å²) in [5, 5.41) is 13.4. The first-order chi connectivity index (χ1) is 15.7. The fourth-order valence-corrected chi connectivity index (χ4v) is 4.71. The highest BCUT2D eigenvalue weighted by Crippen LogP contribution is 2.47. The Morgan fingerprint density at radius 3 is 2.58 bits per heavy atom. The van der Waals surface area contributed by atoms with E-state index < -0.39 is 11.9 Å². The molecule has 0 unspecified atom stereocenters. The fraction of sp³-hybridized carbons (Fsp3) is 0.333. The summed E-state index contributed by atoms with van der Waals surface area (Å²) in [7, 11) is 1.47. The Morgan fingerprint density at radius 2 is 1.88 bits per heavy atom. The van der Waals surface area contributed by atoms with E-state index in [1.807, 2.05) is 37.3 Å². The zero-order valence-corrected chi connectivity index (χ0v) is 19.4. The molecule has 0 saturated heterocycles. The molecule has 0 radical (unpaired) electrons. The van der Waals surface area contributed by atoms with Crippen LogP contribution in [0.5, 0.6) is 11.5 Å². The van der Waals surface area contributed by atoms with Crippen LogP contribution in [-0.4, -0.2) is 24.0 Å². The second kappa shape index (κ2) is 8.77. The van der Waals surface area contributed by atoms with Crippen LogP contribution in [0.15, 0.2) is 71.1 Å². The third-order valence-corrected chi connectivity index (χ3v) is 6.21. The number of ether oxygens (including phenoxy) is 2. The van der Waals surface area contributed by atoms with Crippen molar-refractivity contribution in [1.29, 1.82) is 0 Å². The van der Waals surface area contributed by atoms with Gasteiger partial charge in [-0.1, -0.05) is 50.2 Å². The predicted octanol–water partition coefficient (Wildman–Crippen LogP) is 4.75. The Bertz CT molecular complexity index is 1160. The van der Waals surface area contributed by atoms with Crippen molar-refractivity contribution in [3.8, 4) is 11.5 Å². The van der Waals surface area contributed by atoms with Crippen molar-refractivity contribution in [2.24, 2.45) is 5.41 Å². The standard InChI is InChI=1S/C27H29NO5/c1-16-23(26(31)33-15-17-8-6-5-7-9-17)24(18-10-11-20(29)22(12-18)32-4)25-19(28-16)13-27(2,3)14-21(25)30/h5-12,24,28-29H,13-15H2,1-4H3/t24-/m1/s1. The highest BCUT2D eigenvalue weighted by Gasteiger charge is 2.43. The third kappa shape index (κ3) is 4.51. The molecule has 1 aliphatic heterocycles. The van der Waals surface area contributed by atoms with Crippen LogP contribution in [0.4, 0.5) is 0 Å². The van der Waals surface area contributed by atoms with Gasteiger partial charge in [0.25, 0.3) is 0 Å². The third-order valence-electron chi connectivity index (χ3n) is 6.21. The maximum atomic E-state index is 13.4. The van der Waals surface area contributed by atoms with Gasteiger partial charge in [0.15, 0.2) is 17.3 Å². The molecule has 2 aromatic rings. The second-order valence-corrected chi connectivity index (χ2v) is 9.42. The first-order valence-corrected chi connectivity index (χ1v) is 11.0. The van der Waals surface area contributed by atoms with Gasteiger partial charge in [0.2, 0.25) is 0 Å². The highest BCUT2D eigenvalue weighted by molar-refractivity contribution is 6.04. The van der Waals surface area contributed by atoms with Crippen molar-refractivity contribution in [2.45, 2.75) is 46.1 Å². The first-order valence-electron chi connectivity index (χ1n) is 11.0. The minimum absolute atomic E-state index is 0.00519. The van der Waals surface area contributed by atoms with Crippen LogP contribution in [-0.2, 0) is 20.9 Å². The van der Waals surface area contributed by atoms with Crippen LogP contribution in [0.1, 0.15) is 50.7 Å². The molecular formula is C27H29NO5. The molecule has 1 atom stereocenters. The minimum Gasteiger partial charge on any atom is -0.504 e. The SMILES string of the molecule is COc1cc([C@@H]2C(C(=O)OCc3ccccc3)=C(C)NC3=C2C(=O)CC(C)(C)C3)ccc1O. The molecule has 0 amide bonds. The molecular weight excluding hydrogens is 418 g/mol. The number of aromatic hydroxyl groups is 1. The molecule has 0 bridgehead atoms. The van der Waals surface area contributed by atoms with Gasteiger partial charge in [-0.3, -0.25) is 4.79 Å². The largest absolute Gasteiger partial charge is 0.504 e. The van der Waals surface area contributed by atoms with Crippen LogP contribution in [0.3, 0.4) is 0 Å². The van der Waals surface area contributed by atoms with Gasteiger partial charge in [-0.25, -0.2) is 4.79 Å². The Morgan fingerprint density at radius 1 is 1.15 bits per heavy atom. The molecule has 0 aromatic heterocycles. The van der Waals surface area contributed by atoms with Crippen LogP contribution >= 0.6 is 0 Å². The van der Waals surface area contributed by atoms with Gasteiger partial charge in [-0.05, 0) is 42.0 Å². The van der Waals surface area contributed by atoms with Gasteiger partial charge in [0.05, 0.1) is 12.7 Å². The van der Waals surface area contributed by atoms with Gasteiger partial charge < -0.3 is 19.9 Å². The number of hydrogen-bond acceptors (Lipinski definition) is 6. The summed E-state index contributed by atoms with van der Waals surface area (Å²) < 4.78 is 11.0. The number of Topliss-reactive ketones (excluding diaryl/α,β-unsaturated/α-hetero) is 1. The van der Waals surface area contributed by atoms with Crippen LogP contribution < -0.4 is 10.1 Å². The van der Waals surface area contributed by atoms with Crippen molar-refractivity contribution in [1.82, 2.24) is 5.32 Å². The number of phenolic OH excluding ortho intramolecular Hbond substituents is 1. The van der Waals surface area contributed by atoms with Crippen molar-refractivity contribution in [3.63, 3.8) is 0 Å². The average Bonchev–Trinajstić information content (AvgIpc) is 2.76. The summed E-state index contributed by atoms with van der Waals surface area (Å²) in [6, 6.07) is 14.4. The number of allylic oxidation sites excluding steroid dienone is 3. The number of ketones is 1. The topological polar surface area (TPSA) is 84.9 Å². The molecule has 0 saturated carbocycles. The summed E-state index contributed by atoms with van der Waals surface area (Å²) in [6.07, 6.45) is 1.09. The number of benzene rings is 2. The first kappa shape index (κ1) is 22.6. The Hall–Kier alpha value is -3.54. The van der Waals surface area contributed by atoms with E-state index in [0.29, 0.717) is 35.2 Å². The Kier molecular flexibility index (Phi) is 6.02. The van der Waals surface area contributed by atoms with E-state index >= 15 is 0 Å². The molecule has 6 heteroatoms. The molecule has 6 nitrogen and oxygen atoms in total. The summed E-state index contributed by atoms with van der Waals surface area (Å²) >= 11 is 0. The van der Waals surface area contributed by atoms with Crippen molar-refractivity contribution < 1.29 is 24.2 Å². The summed E-state index contributed by atoms with van der Waals surface area (Å²) in [5.74, 6) is -0.805. The number of carbonyl (C=O) groups is 2. The molecule has 2 aromatic carbocycles. The highest BCUT2D eigenvalue weighted by atomic mass is 16.5. The number of methoxy groups -OCH3 is 1. The van der Waals surface area contributed by atoms with E-state index in [9.17, 15) is 14.7 Å². The molecule has 0 spiro atoms. The van der Waals surface area contributed by atoms with E-state index in [1.54, 1.807) is 12.1 Å². The van der Waals surface area contributed by atoms with Crippen LogP contribution in [0.2, 0.25) is 0 Å². The normalized spacial score (nSPS) is 19.6. The minimum atomic E-state index is -0.609. The van der Waals surface area contributed by atoms with Gasteiger partial charge in [-0.2, -0.15) is 0 Å². The van der Waals surface area contributed by atoms with Gasteiger partial charge in [-0.15, -0.1) is 0 Å². The lowest BCUT2D eigenvalue weighted by Gasteiger charge is -2.39. The van der Waals surface area contributed by atoms with E-state index in [0.717, 1.165) is 11.3 Å². The Balaban J connectivity index is 1.77. The smallest absolute Gasteiger partial charge is 0.337 e. The van der Waals surface area contributed by atoms with Gasteiger partial charge >= 0.3 is 5.97 Å². The molecule has 0 fully saturated rings. The maximum Gasteiger partial charge on any atom is 0.337 e. The van der Waals surface area contributed by atoms with Crippen LogP contribution in [0.25, 0.3) is 0 Å². The lowest BCUT2D eigenvalue weighted by Crippen LogP contribution is -2.38. The van der Waals surface area contributed by atoms with Gasteiger partial charge in [0, 0.05) is 29.3 Å². The number of rotatable bonds is 5. The summed E-state index contributed by atoms with van der Waals surface area (Å²) in [4.78, 5) is 26.7. The number of dihydropyridines is 1. The zero-order valence-electron chi connectivity index (χ0n) is 19.4. The molecule has 172 valence electrons. The van der Waals surface area contributed by atoms with Crippen molar-refractivity contribution >= 4 is 11.8 Å². The molecule has 2 aliphatic rings. The van der Waals surface area contributed by atoms with Crippen molar-refractivity contribution in [2.75, 3.05) is 7.11 Å². The summed E-state index contributed by atoms with van der Waals surface area (Å²) in [5.41, 5.74) is 3.87. The van der Waals surface area contributed by atoms with Crippen molar-refractivity contribution in [3.05, 3.63) is 82.2 Å². The lowest BCUT2D eigenvalue weighted by molar-refractivity contribution is -0.140. The number of nitrogens with one attached hydrogen (secondary N) is 1. The monoisotopic (exact) mass is 447 g/mol. The fourth-order valence-electron chi connectivity index (χ4n) is 4.71. The molecule has 1 heterocycles. The maximum absolute atomic E-state index is 13.4. The quantitative estimate of drug-likeness (QED) is 0.644. The lowest BCUT2D eigenvalue weighted by atomic mass is 9.68. The predicted molar refractivity (Wildman–Crippen MR) is 125 cm³/mol. The molecule has 33 heavy (non-hydrogen) atoms. The Labute approximate surface area is 193 Å². The number of carbonyl (C=O) groups excluding carboxylic acids is 2. The average molecular weight is 448 g/mol. The van der Waals surface area contributed by atoms with E-state index in [1.165, 1.54) is 13.2 Å². The number of phenols is 1. The molecule has 1 aliphatic carbocycles. The zero-order chi connectivity index (χ0) is 23.8. The molecule has 4 rings (SSSR count). The van der Waals surface area contributed by atoms with Gasteiger partial charge in [0.1, 0.15) is 6.61 Å². The second-order valence-electron chi connectivity index (χ2n) is 9.42. The number of esters is 1. The number of hydrogen-bond donors (Lipinski definition) is 2. The van der Waals surface area contributed by atoms with E-state index in [2.05, 4.69) is 19.2 Å². The van der Waals surface area contributed by atoms with E-state index in [4.69, 9.17) is 9.47 Å².